The van der Waals surface area contributed by atoms with E-state index >= 15 is 0 Å². The highest BCUT2D eigenvalue weighted by molar-refractivity contribution is 9.10. The van der Waals surface area contributed by atoms with Gasteiger partial charge >= 0.3 is 0 Å². The van der Waals surface area contributed by atoms with E-state index in [9.17, 15) is 5.11 Å². The number of nitrogens with one attached hydrogen (secondary N) is 1. The third-order valence-electron chi connectivity index (χ3n) is 3.73. The van der Waals surface area contributed by atoms with E-state index in [1.165, 1.54) is 0 Å². The maximum Gasteiger partial charge on any atom is 0.199 e. The van der Waals surface area contributed by atoms with Gasteiger partial charge in [0.25, 0.3) is 0 Å². The van der Waals surface area contributed by atoms with Gasteiger partial charge in [-0.15, -0.1) is 0 Å². The Bertz CT molecular complexity index is 666. The van der Waals surface area contributed by atoms with Crippen LogP contribution in [0.1, 0.15) is 25.2 Å². The fourth-order valence-corrected chi connectivity index (χ4v) is 4.58. The van der Waals surface area contributed by atoms with Crippen molar-refractivity contribution in [3.8, 4) is 5.75 Å². The summed E-state index contributed by atoms with van der Waals surface area (Å²) < 4.78 is 13.1. The first kappa shape index (κ1) is 17.7. The predicted octanol–water partition coefficient (Wildman–Crippen LogP) is 5.65. The highest BCUT2D eigenvalue weighted by atomic mass is 79.9. The number of aromatic hydroxyl groups is 1. The molecule has 2 aromatic carbocycles. The minimum absolute atomic E-state index is 0.0376. The van der Waals surface area contributed by atoms with E-state index in [0.717, 1.165) is 15.7 Å². The van der Waals surface area contributed by atoms with E-state index in [0.29, 0.717) is 13.2 Å². The third-order valence-corrected chi connectivity index (χ3v) is 5.88. The fourth-order valence-electron chi connectivity index (χ4n) is 2.32. The summed E-state index contributed by atoms with van der Waals surface area (Å²) in [5.74, 6) is 0.151. The van der Waals surface area contributed by atoms with E-state index in [2.05, 4.69) is 35.1 Å². The molecule has 128 valence electrons. The molecule has 0 spiro atoms. The molecule has 2 N–H and O–H groups in total. The van der Waals surface area contributed by atoms with E-state index in [-0.39, 0.29) is 16.9 Å². The fraction of sp³-hybridized carbons (Fsp3) is 0.333. The van der Waals surface area contributed by atoms with Gasteiger partial charge < -0.3 is 19.5 Å². The number of rotatable bonds is 4. The second-order valence-corrected chi connectivity index (χ2v) is 9.16. The van der Waals surface area contributed by atoms with Crippen molar-refractivity contribution in [1.82, 2.24) is 0 Å². The van der Waals surface area contributed by atoms with Gasteiger partial charge in [-0.25, -0.2) is 0 Å². The Kier molecular flexibility index (Phi) is 5.46. The molecule has 24 heavy (non-hydrogen) atoms. The standard InChI is InChI=1S/C18H21BrNO3P/c1-18(2)11-22-24(23-12-18)17(13-3-9-16(21)10-4-13)20-15-7-5-14(19)6-8-15/h3-10,17,20-21H,11-12H2,1-2H3. The average molecular weight is 410 g/mol. The van der Waals surface area contributed by atoms with Crippen LogP contribution >= 0.6 is 24.3 Å². The zero-order valence-corrected chi connectivity index (χ0v) is 16.2. The van der Waals surface area contributed by atoms with Crippen LogP contribution in [-0.2, 0) is 9.05 Å². The van der Waals surface area contributed by atoms with E-state index < -0.39 is 8.38 Å². The van der Waals surface area contributed by atoms with Crippen molar-refractivity contribution < 1.29 is 14.2 Å². The lowest BCUT2D eigenvalue weighted by atomic mass is 9.97. The second-order valence-electron chi connectivity index (χ2n) is 6.64. The third kappa shape index (κ3) is 4.48. The molecule has 2 aromatic rings. The van der Waals surface area contributed by atoms with Gasteiger partial charge in [0.2, 0.25) is 0 Å². The highest BCUT2D eigenvalue weighted by Gasteiger charge is 2.35. The summed E-state index contributed by atoms with van der Waals surface area (Å²) in [5.41, 5.74) is 2.06. The Morgan fingerprint density at radius 1 is 1.04 bits per heavy atom. The molecular formula is C18H21BrNO3P. The molecule has 1 unspecified atom stereocenters. The molecule has 0 radical (unpaired) electrons. The number of halogens is 1. The summed E-state index contributed by atoms with van der Waals surface area (Å²) in [6.45, 7) is 5.62. The number of hydrogen-bond acceptors (Lipinski definition) is 4. The Balaban J connectivity index is 1.83. The van der Waals surface area contributed by atoms with Crippen LogP contribution in [0, 0.1) is 5.41 Å². The van der Waals surface area contributed by atoms with Gasteiger partial charge in [-0.3, -0.25) is 0 Å². The molecule has 1 heterocycles. The molecule has 3 rings (SSSR count). The summed E-state index contributed by atoms with van der Waals surface area (Å²) in [6.07, 6.45) is 0. The maximum absolute atomic E-state index is 9.55. The Morgan fingerprint density at radius 2 is 1.62 bits per heavy atom. The largest absolute Gasteiger partial charge is 0.508 e. The zero-order valence-electron chi connectivity index (χ0n) is 13.7. The van der Waals surface area contributed by atoms with Crippen LogP contribution in [0.4, 0.5) is 5.69 Å². The van der Waals surface area contributed by atoms with Gasteiger partial charge in [-0.1, -0.05) is 41.9 Å². The van der Waals surface area contributed by atoms with Gasteiger partial charge in [0.15, 0.2) is 8.38 Å². The summed E-state index contributed by atoms with van der Waals surface area (Å²) >= 11 is 3.45. The van der Waals surface area contributed by atoms with E-state index in [4.69, 9.17) is 9.05 Å². The smallest absolute Gasteiger partial charge is 0.199 e. The number of phenolic OH excluding ortho intramolecular Hbond substituents is 1. The monoisotopic (exact) mass is 409 g/mol. The summed E-state index contributed by atoms with van der Waals surface area (Å²) in [6, 6.07) is 15.2. The lowest BCUT2D eigenvalue weighted by Crippen LogP contribution is -2.30. The van der Waals surface area contributed by atoms with Crippen molar-refractivity contribution in [3.63, 3.8) is 0 Å². The lowest BCUT2D eigenvalue weighted by Gasteiger charge is -2.37. The van der Waals surface area contributed by atoms with Gasteiger partial charge in [0.1, 0.15) is 11.5 Å². The number of benzene rings is 2. The molecule has 0 aromatic heterocycles. The molecule has 0 saturated carbocycles. The first-order valence-electron chi connectivity index (χ1n) is 7.79. The number of anilines is 1. The predicted molar refractivity (Wildman–Crippen MR) is 101 cm³/mol. The molecule has 1 aliphatic heterocycles. The molecule has 6 heteroatoms. The van der Waals surface area contributed by atoms with Crippen LogP contribution < -0.4 is 5.32 Å². The van der Waals surface area contributed by atoms with Crippen LogP contribution in [-0.4, -0.2) is 18.3 Å². The van der Waals surface area contributed by atoms with Gasteiger partial charge in [-0.2, -0.15) is 0 Å². The molecule has 1 saturated heterocycles. The Labute approximate surface area is 152 Å². The van der Waals surface area contributed by atoms with Crippen molar-refractivity contribution in [2.75, 3.05) is 18.5 Å². The van der Waals surface area contributed by atoms with E-state index in [1.54, 1.807) is 12.1 Å². The summed E-state index contributed by atoms with van der Waals surface area (Å²) in [4.78, 5) is 0. The van der Waals surface area contributed by atoms with Crippen molar-refractivity contribution >= 4 is 30.0 Å². The maximum atomic E-state index is 9.55. The van der Waals surface area contributed by atoms with Crippen molar-refractivity contribution in [3.05, 3.63) is 58.6 Å². The molecule has 0 aliphatic carbocycles. The van der Waals surface area contributed by atoms with Crippen molar-refractivity contribution in [2.24, 2.45) is 5.41 Å². The number of hydrogen-bond donors (Lipinski definition) is 2. The van der Waals surface area contributed by atoms with Gasteiger partial charge in [0, 0.05) is 15.6 Å². The minimum atomic E-state index is -1.12. The Hall–Kier alpha value is -1.13. The van der Waals surface area contributed by atoms with E-state index in [1.807, 2.05) is 36.4 Å². The quantitative estimate of drug-likeness (QED) is 0.640. The van der Waals surface area contributed by atoms with Crippen molar-refractivity contribution in [1.29, 1.82) is 0 Å². The highest BCUT2D eigenvalue weighted by Crippen LogP contribution is 2.56. The topological polar surface area (TPSA) is 50.7 Å². The summed E-state index contributed by atoms with van der Waals surface area (Å²) in [5, 5.41) is 13.1. The summed E-state index contributed by atoms with van der Waals surface area (Å²) in [7, 11) is -1.12. The molecule has 0 bridgehead atoms. The van der Waals surface area contributed by atoms with Crippen LogP contribution in [0.3, 0.4) is 0 Å². The normalized spacial score (nSPS) is 19.0. The molecular weight excluding hydrogens is 389 g/mol. The zero-order chi connectivity index (χ0) is 17.2. The molecule has 0 amide bonds. The first-order chi connectivity index (χ1) is 11.4. The van der Waals surface area contributed by atoms with Crippen molar-refractivity contribution in [2.45, 2.75) is 19.6 Å². The SMILES string of the molecule is CC1(C)COP(C(Nc2ccc(Br)cc2)c2ccc(O)cc2)OC1. The minimum Gasteiger partial charge on any atom is -0.508 e. The molecule has 1 aliphatic rings. The molecule has 1 fully saturated rings. The Morgan fingerprint density at radius 3 is 2.21 bits per heavy atom. The van der Waals surface area contributed by atoms with Crippen LogP contribution in [0.25, 0.3) is 0 Å². The van der Waals surface area contributed by atoms with Crippen LogP contribution in [0.15, 0.2) is 53.0 Å². The lowest BCUT2D eigenvalue weighted by molar-refractivity contribution is 0.0595. The number of phenols is 1. The molecule has 1 atom stereocenters. The first-order valence-corrected chi connectivity index (χ1v) is 9.83. The van der Waals surface area contributed by atoms with Gasteiger partial charge in [0.05, 0.1) is 13.2 Å². The van der Waals surface area contributed by atoms with Gasteiger partial charge in [-0.05, 0) is 42.0 Å². The van der Waals surface area contributed by atoms with Crippen LogP contribution in [0.2, 0.25) is 0 Å². The average Bonchev–Trinajstić information content (AvgIpc) is 2.56. The second kappa shape index (κ2) is 7.40. The molecule has 4 nitrogen and oxygen atoms in total. The van der Waals surface area contributed by atoms with Crippen LogP contribution in [0.5, 0.6) is 5.75 Å².